The van der Waals surface area contributed by atoms with E-state index in [4.69, 9.17) is 0 Å². The lowest BCUT2D eigenvalue weighted by atomic mass is 10.0. The van der Waals surface area contributed by atoms with E-state index in [1.54, 1.807) is 18.2 Å². The van der Waals surface area contributed by atoms with Crippen LogP contribution in [0.3, 0.4) is 0 Å². The summed E-state index contributed by atoms with van der Waals surface area (Å²) in [5, 5.41) is 2.90. The largest absolute Gasteiger partial charge is 0.350 e. The summed E-state index contributed by atoms with van der Waals surface area (Å²) in [6, 6.07) is 7.94. The zero-order chi connectivity index (χ0) is 15.9. The molecule has 0 spiro atoms. The number of aromatic nitrogens is 2. The van der Waals surface area contributed by atoms with Crippen molar-refractivity contribution in [2.75, 3.05) is 0 Å². The van der Waals surface area contributed by atoms with Crippen LogP contribution < -0.4 is 5.32 Å². The van der Waals surface area contributed by atoms with Crippen molar-refractivity contribution in [2.24, 2.45) is 5.92 Å². The number of benzene rings is 1. The summed E-state index contributed by atoms with van der Waals surface area (Å²) in [7, 11) is 0. The fourth-order valence-corrected chi connectivity index (χ4v) is 2.25. The van der Waals surface area contributed by atoms with Crippen molar-refractivity contribution in [1.82, 2.24) is 15.3 Å². The highest BCUT2D eigenvalue weighted by molar-refractivity contribution is 5.78. The van der Waals surface area contributed by atoms with Crippen molar-refractivity contribution in [1.29, 1.82) is 0 Å². The average molecular weight is 301 g/mol. The lowest BCUT2D eigenvalue weighted by Gasteiger charge is -2.12. The Hall–Kier alpha value is -2.30. The Bertz CT molecular complexity index is 624. The highest BCUT2D eigenvalue weighted by Gasteiger charge is 2.13. The standard InChI is InChI=1S/C17H20FN3O/c1-3-12(4-2)17(22)19-10-15-9-16(21-11-20-15)13-5-7-14(18)8-6-13/h5-9,11-12H,3-4,10H2,1-2H3,(H,19,22). The number of nitrogens with zero attached hydrogens (tertiary/aromatic N) is 2. The third-order valence-electron chi connectivity index (χ3n) is 3.66. The summed E-state index contributed by atoms with van der Waals surface area (Å²) in [6.07, 6.45) is 3.11. The van der Waals surface area contributed by atoms with E-state index in [2.05, 4.69) is 15.3 Å². The van der Waals surface area contributed by atoms with E-state index in [-0.39, 0.29) is 17.6 Å². The summed E-state index contributed by atoms with van der Waals surface area (Å²) in [6.45, 7) is 4.38. The lowest BCUT2D eigenvalue weighted by Crippen LogP contribution is -2.29. The Morgan fingerprint density at radius 1 is 1.18 bits per heavy atom. The fraction of sp³-hybridized carbons (Fsp3) is 0.353. The van der Waals surface area contributed by atoms with Gasteiger partial charge < -0.3 is 5.32 Å². The molecule has 5 heteroatoms. The summed E-state index contributed by atoms with van der Waals surface area (Å²) < 4.78 is 13.0. The van der Waals surface area contributed by atoms with Crippen LogP contribution in [-0.2, 0) is 11.3 Å². The van der Waals surface area contributed by atoms with E-state index in [1.807, 2.05) is 13.8 Å². The highest BCUT2D eigenvalue weighted by Crippen LogP contribution is 2.17. The first-order valence-electron chi connectivity index (χ1n) is 7.48. The molecule has 1 N–H and O–H groups in total. The summed E-state index contributed by atoms with van der Waals surface area (Å²) in [5.41, 5.74) is 2.26. The Labute approximate surface area is 129 Å². The molecule has 0 aliphatic rings. The number of hydrogen-bond acceptors (Lipinski definition) is 3. The van der Waals surface area contributed by atoms with E-state index in [0.717, 1.165) is 24.1 Å². The van der Waals surface area contributed by atoms with Crippen molar-refractivity contribution in [3.05, 3.63) is 48.2 Å². The van der Waals surface area contributed by atoms with E-state index in [9.17, 15) is 9.18 Å². The molecular weight excluding hydrogens is 281 g/mol. The van der Waals surface area contributed by atoms with Crippen LogP contribution in [0.25, 0.3) is 11.3 Å². The van der Waals surface area contributed by atoms with Gasteiger partial charge in [0.05, 0.1) is 17.9 Å². The van der Waals surface area contributed by atoms with Gasteiger partial charge in [0.15, 0.2) is 0 Å². The van der Waals surface area contributed by atoms with Crippen molar-refractivity contribution < 1.29 is 9.18 Å². The molecule has 0 fully saturated rings. The molecule has 1 amide bonds. The Morgan fingerprint density at radius 3 is 2.50 bits per heavy atom. The maximum absolute atomic E-state index is 13.0. The van der Waals surface area contributed by atoms with Gasteiger partial charge in [0.1, 0.15) is 12.1 Å². The molecule has 1 heterocycles. The van der Waals surface area contributed by atoms with Gasteiger partial charge in [-0.25, -0.2) is 14.4 Å². The molecule has 1 aromatic carbocycles. The molecule has 0 aliphatic carbocycles. The van der Waals surface area contributed by atoms with Crippen LogP contribution in [0.15, 0.2) is 36.7 Å². The molecule has 0 aliphatic heterocycles. The number of carbonyl (C=O) groups is 1. The van der Waals surface area contributed by atoms with Crippen molar-refractivity contribution in [3.8, 4) is 11.3 Å². The lowest BCUT2D eigenvalue weighted by molar-refractivity contribution is -0.125. The first kappa shape index (κ1) is 16.1. The average Bonchev–Trinajstić information content (AvgIpc) is 2.55. The minimum Gasteiger partial charge on any atom is -0.350 e. The zero-order valence-electron chi connectivity index (χ0n) is 12.8. The fourth-order valence-electron chi connectivity index (χ4n) is 2.25. The van der Waals surface area contributed by atoms with Gasteiger partial charge in [0.2, 0.25) is 5.91 Å². The predicted molar refractivity (Wildman–Crippen MR) is 83.3 cm³/mol. The van der Waals surface area contributed by atoms with Gasteiger partial charge in [-0.15, -0.1) is 0 Å². The molecule has 116 valence electrons. The minimum atomic E-state index is -0.282. The number of rotatable bonds is 6. The highest BCUT2D eigenvalue weighted by atomic mass is 19.1. The second-order valence-electron chi connectivity index (χ2n) is 5.13. The number of halogens is 1. The van der Waals surface area contributed by atoms with E-state index in [0.29, 0.717) is 12.2 Å². The quantitative estimate of drug-likeness (QED) is 0.890. The molecule has 0 unspecified atom stereocenters. The van der Waals surface area contributed by atoms with Gasteiger partial charge >= 0.3 is 0 Å². The second kappa shape index (κ2) is 7.64. The van der Waals surface area contributed by atoms with Crippen LogP contribution in [-0.4, -0.2) is 15.9 Å². The van der Waals surface area contributed by atoms with Crippen molar-refractivity contribution in [3.63, 3.8) is 0 Å². The molecule has 0 radical (unpaired) electrons. The molecule has 0 saturated heterocycles. The third-order valence-corrected chi connectivity index (χ3v) is 3.66. The molecule has 22 heavy (non-hydrogen) atoms. The van der Waals surface area contributed by atoms with Crippen LogP contribution in [0, 0.1) is 11.7 Å². The van der Waals surface area contributed by atoms with Gasteiger partial charge in [0.25, 0.3) is 0 Å². The van der Waals surface area contributed by atoms with Crippen LogP contribution >= 0.6 is 0 Å². The first-order chi connectivity index (χ1) is 10.6. The predicted octanol–water partition coefficient (Wildman–Crippen LogP) is 3.34. The molecule has 0 atom stereocenters. The first-order valence-corrected chi connectivity index (χ1v) is 7.48. The van der Waals surface area contributed by atoms with Gasteiger partial charge in [0, 0.05) is 11.5 Å². The van der Waals surface area contributed by atoms with Gasteiger partial charge in [-0.2, -0.15) is 0 Å². The summed E-state index contributed by atoms with van der Waals surface area (Å²) >= 11 is 0. The molecular formula is C17H20FN3O. The molecule has 0 saturated carbocycles. The second-order valence-corrected chi connectivity index (χ2v) is 5.13. The van der Waals surface area contributed by atoms with Gasteiger partial charge in [-0.1, -0.05) is 13.8 Å². The topological polar surface area (TPSA) is 54.9 Å². The number of amides is 1. The monoisotopic (exact) mass is 301 g/mol. The van der Waals surface area contributed by atoms with Crippen LogP contribution in [0.4, 0.5) is 4.39 Å². The van der Waals surface area contributed by atoms with Crippen LogP contribution in [0.1, 0.15) is 32.4 Å². The molecule has 2 rings (SSSR count). The van der Waals surface area contributed by atoms with E-state index < -0.39 is 0 Å². The maximum atomic E-state index is 13.0. The molecule has 2 aromatic rings. The third kappa shape index (κ3) is 4.10. The Kier molecular flexibility index (Phi) is 5.58. The summed E-state index contributed by atoms with van der Waals surface area (Å²) in [5.74, 6) is -0.194. The van der Waals surface area contributed by atoms with Gasteiger partial charge in [-0.05, 0) is 43.2 Å². The zero-order valence-corrected chi connectivity index (χ0v) is 12.8. The van der Waals surface area contributed by atoms with Crippen molar-refractivity contribution >= 4 is 5.91 Å². The molecule has 1 aromatic heterocycles. The van der Waals surface area contributed by atoms with E-state index >= 15 is 0 Å². The molecule has 4 nitrogen and oxygen atoms in total. The number of hydrogen-bond donors (Lipinski definition) is 1. The van der Waals surface area contributed by atoms with Crippen molar-refractivity contribution in [2.45, 2.75) is 33.2 Å². The van der Waals surface area contributed by atoms with E-state index in [1.165, 1.54) is 18.5 Å². The van der Waals surface area contributed by atoms with Crippen LogP contribution in [0.2, 0.25) is 0 Å². The summed E-state index contributed by atoms with van der Waals surface area (Å²) in [4.78, 5) is 20.3. The molecule has 0 bridgehead atoms. The SMILES string of the molecule is CCC(CC)C(=O)NCc1cc(-c2ccc(F)cc2)ncn1. The van der Waals surface area contributed by atoms with Crippen LogP contribution in [0.5, 0.6) is 0 Å². The van der Waals surface area contributed by atoms with Gasteiger partial charge in [-0.3, -0.25) is 4.79 Å². The number of nitrogens with one attached hydrogen (secondary N) is 1. The Balaban J connectivity index is 2.06. The number of carbonyl (C=O) groups excluding carboxylic acids is 1. The minimum absolute atomic E-state index is 0.0402. The smallest absolute Gasteiger partial charge is 0.223 e. The normalized spacial score (nSPS) is 10.7. The maximum Gasteiger partial charge on any atom is 0.223 e. The Morgan fingerprint density at radius 2 is 1.86 bits per heavy atom.